The zero-order valence-corrected chi connectivity index (χ0v) is 12.2. The Bertz CT molecular complexity index is 373. The van der Waals surface area contributed by atoms with E-state index < -0.39 is 6.17 Å². The molecule has 2 aliphatic rings. The molecule has 1 aliphatic heterocycles. The quantitative estimate of drug-likeness (QED) is 0.743. The summed E-state index contributed by atoms with van der Waals surface area (Å²) in [5.41, 5.74) is 2.16. The number of fused-ring (bicyclic) bond motifs is 1. The van der Waals surface area contributed by atoms with Gasteiger partial charge in [-0.25, -0.2) is 8.78 Å². The van der Waals surface area contributed by atoms with Crippen molar-refractivity contribution < 1.29 is 8.78 Å². The Balaban J connectivity index is 0.000000192. The van der Waals surface area contributed by atoms with Crippen molar-refractivity contribution in [3.05, 3.63) is 35.1 Å². The zero-order chi connectivity index (χ0) is 14.3. The molecule has 108 valence electrons. The van der Waals surface area contributed by atoms with Crippen LogP contribution < -0.4 is 5.32 Å². The second-order valence-electron chi connectivity index (χ2n) is 4.84. The number of aryl methyl sites for hydroxylation is 1. The highest BCUT2D eigenvalue weighted by molar-refractivity contribution is 5.35. The SMILES string of the molecule is CC.C[C@H]1CCc2cccc(F)c21.F[C@H]1CCNC1. The van der Waals surface area contributed by atoms with Crippen LogP contribution in [0.1, 0.15) is 50.7 Å². The van der Waals surface area contributed by atoms with Crippen molar-refractivity contribution in [1.82, 2.24) is 5.32 Å². The van der Waals surface area contributed by atoms with Gasteiger partial charge >= 0.3 is 0 Å². The van der Waals surface area contributed by atoms with Crippen molar-refractivity contribution in [2.75, 3.05) is 13.1 Å². The van der Waals surface area contributed by atoms with Gasteiger partial charge < -0.3 is 5.32 Å². The van der Waals surface area contributed by atoms with E-state index in [4.69, 9.17) is 0 Å². The van der Waals surface area contributed by atoms with Crippen LogP contribution >= 0.6 is 0 Å². The third-order valence-corrected chi connectivity index (χ3v) is 3.48. The lowest BCUT2D eigenvalue weighted by Crippen LogP contribution is -2.08. The number of rotatable bonds is 0. The summed E-state index contributed by atoms with van der Waals surface area (Å²) in [6, 6.07) is 5.38. The van der Waals surface area contributed by atoms with Crippen molar-refractivity contribution in [3.63, 3.8) is 0 Å². The van der Waals surface area contributed by atoms with Crippen LogP contribution in [-0.4, -0.2) is 19.3 Å². The molecular formula is C16H25F2N. The molecule has 1 aromatic carbocycles. The second kappa shape index (κ2) is 8.26. The number of hydrogen-bond acceptors (Lipinski definition) is 1. The first-order chi connectivity index (χ1) is 9.18. The van der Waals surface area contributed by atoms with Gasteiger partial charge in [0, 0.05) is 6.54 Å². The van der Waals surface area contributed by atoms with Crippen molar-refractivity contribution in [2.45, 2.75) is 52.1 Å². The van der Waals surface area contributed by atoms with Crippen LogP contribution in [0, 0.1) is 5.82 Å². The van der Waals surface area contributed by atoms with E-state index in [1.54, 1.807) is 12.1 Å². The molecule has 0 saturated carbocycles. The maximum atomic E-state index is 13.1. The Hall–Kier alpha value is -0.960. The molecule has 0 unspecified atom stereocenters. The predicted molar refractivity (Wildman–Crippen MR) is 76.9 cm³/mol. The van der Waals surface area contributed by atoms with Crippen LogP contribution in [0.25, 0.3) is 0 Å². The highest BCUT2D eigenvalue weighted by Crippen LogP contribution is 2.33. The van der Waals surface area contributed by atoms with Gasteiger partial charge in [-0.2, -0.15) is 0 Å². The Morgan fingerprint density at radius 1 is 1.21 bits per heavy atom. The molecule has 1 saturated heterocycles. The first-order valence-electron chi connectivity index (χ1n) is 7.30. The summed E-state index contributed by atoms with van der Waals surface area (Å²) < 4.78 is 25.0. The van der Waals surface area contributed by atoms with E-state index in [1.807, 2.05) is 19.9 Å². The van der Waals surface area contributed by atoms with E-state index >= 15 is 0 Å². The molecule has 0 spiro atoms. The fourth-order valence-electron chi connectivity index (χ4n) is 2.49. The highest BCUT2D eigenvalue weighted by Gasteiger charge is 2.21. The Kier molecular flexibility index (Phi) is 7.00. The largest absolute Gasteiger partial charge is 0.314 e. The van der Waals surface area contributed by atoms with Gasteiger partial charge in [0.05, 0.1) is 0 Å². The minimum absolute atomic E-state index is 0.0208. The van der Waals surface area contributed by atoms with Gasteiger partial charge in [-0.15, -0.1) is 0 Å². The molecule has 1 N–H and O–H groups in total. The maximum Gasteiger partial charge on any atom is 0.126 e. The molecule has 3 heteroatoms. The lowest BCUT2D eigenvalue weighted by molar-refractivity contribution is 0.361. The molecule has 2 atom stereocenters. The standard InChI is InChI=1S/C10H11F.C4H8FN.C2H6/c1-7-5-6-8-3-2-4-9(11)10(7)8;5-4-1-2-6-3-4;1-2/h2-4,7H,5-6H2,1H3;4,6H,1-3H2;1-2H3/t7-;4-;/m00./s1. The van der Waals surface area contributed by atoms with Crippen molar-refractivity contribution in [2.24, 2.45) is 0 Å². The van der Waals surface area contributed by atoms with E-state index in [0.29, 0.717) is 18.9 Å². The van der Waals surface area contributed by atoms with Crippen LogP contribution in [0.15, 0.2) is 18.2 Å². The summed E-state index contributed by atoms with van der Waals surface area (Å²) in [6.07, 6.45) is 2.30. The fraction of sp³-hybridized carbons (Fsp3) is 0.625. The molecule has 1 nitrogen and oxygen atoms in total. The average molecular weight is 269 g/mol. The summed E-state index contributed by atoms with van der Waals surface area (Å²) in [6.45, 7) is 7.52. The molecule has 1 aromatic rings. The van der Waals surface area contributed by atoms with Gasteiger partial charge in [0.25, 0.3) is 0 Å². The molecule has 1 heterocycles. The van der Waals surface area contributed by atoms with E-state index in [1.165, 1.54) is 5.56 Å². The van der Waals surface area contributed by atoms with E-state index in [2.05, 4.69) is 12.2 Å². The number of alkyl halides is 1. The Morgan fingerprint density at radius 2 is 1.95 bits per heavy atom. The van der Waals surface area contributed by atoms with Gasteiger partial charge in [-0.1, -0.05) is 32.9 Å². The van der Waals surface area contributed by atoms with Gasteiger partial charge in [-0.3, -0.25) is 0 Å². The molecule has 0 radical (unpaired) electrons. The Labute approximate surface area is 115 Å². The van der Waals surface area contributed by atoms with E-state index in [-0.39, 0.29) is 5.82 Å². The highest BCUT2D eigenvalue weighted by atomic mass is 19.1. The van der Waals surface area contributed by atoms with Crippen molar-refractivity contribution in [3.8, 4) is 0 Å². The number of halogens is 2. The monoisotopic (exact) mass is 269 g/mol. The molecule has 0 amide bonds. The average Bonchev–Trinajstić information content (AvgIpc) is 3.03. The lowest BCUT2D eigenvalue weighted by Gasteiger charge is -2.04. The fourth-order valence-corrected chi connectivity index (χ4v) is 2.49. The maximum absolute atomic E-state index is 13.1. The Morgan fingerprint density at radius 3 is 2.42 bits per heavy atom. The topological polar surface area (TPSA) is 12.0 Å². The molecule has 1 fully saturated rings. The van der Waals surface area contributed by atoms with Gasteiger partial charge in [0.15, 0.2) is 0 Å². The molecule has 0 aromatic heterocycles. The molecular weight excluding hydrogens is 244 g/mol. The minimum atomic E-state index is -0.565. The molecule has 19 heavy (non-hydrogen) atoms. The van der Waals surface area contributed by atoms with Crippen molar-refractivity contribution >= 4 is 0 Å². The third kappa shape index (κ3) is 4.57. The van der Waals surface area contributed by atoms with Crippen LogP contribution in [0.2, 0.25) is 0 Å². The first-order valence-corrected chi connectivity index (χ1v) is 7.30. The normalized spacial score (nSPS) is 23.8. The minimum Gasteiger partial charge on any atom is -0.314 e. The number of nitrogens with one attached hydrogen (secondary N) is 1. The lowest BCUT2D eigenvalue weighted by atomic mass is 10.0. The van der Waals surface area contributed by atoms with Crippen molar-refractivity contribution in [1.29, 1.82) is 0 Å². The van der Waals surface area contributed by atoms with Gasteiger partial charge in [0.1, 0.15) is 12.0 Å². The number of benzene rings is 1. The third-order valence-electron chi connectivity index (χ3n) is 3.48. The number of hydrogen-bond donors (Lipinski definition) is 1. The summed E-state index contributed by atoms with van der Waals surface area (Å²) in [4.78, 5) is 0. The molecule has 3 rings (SSSR count). The van der Waals surface area contributed by atoms with Gasteiger partial charge in [0.2, 0.25) is 0 Å². The first kappa shape index (κ1) is 16.1. The van der Waals surface area contributed by atoms with Crippen LogP contribution in [0.5, 0.6) is 0 Å². The smallest absolute Gasteiger partial charge is 0.126 e. The van der Waals surface area contributed by atoms with E-state index in [0.717, 1.165) is 24.9 Å². The van der Waals surface area contributed by atoms with Crippen LogP contribution in [-0.2, 0) is 6.42 Å². The zero-order valence-electron chi connectivity index (χ0n) is 12.2. The van der Waals surface area contributed by atoms with Gasteiger partial charge in [-0.05, 0) is 48.9 Å². The summed E-state index contributed by atoms with van der Waals surface area (Å²) in [5, 5.41) is 2.90. The van der Waals surface area contributed by atoms with E-state index in [9.17, 15) is 8.78 Å². The summed E-state index contributed by atoms with van der Waals surface area (Å²) >= 11 is 0. The predicted octanol–water partition coefficient (Wildman–Crippen LogP) is 4.22. The molecule has 0 bridgehead atoms. The van der Waals surface area contributed by atoms with Crippen LogP contribution in [0.3, 0.4) is 0 Å². The van der Waals surface area contributed by atoms with Crippen LogP contribution in [0.4, 0.5) is 8.78 Å². The summed E-state index contributed by atoms with van der Waals surface area (Å²) in [5.74, 6) is 0.402. The second-order valence-corrected chi connectivity index (χ2v) is 4.84. The summed E-state index contributed by atoms with van der Waals surface area (Å²) in [7, 11) is 0. The molecule has 1 aliphatic carbocycles.